The van der Waals surface area contributed by atoms with Crippen molar-refractivity contribution in [1.29, 1.82) is 0 Å². The lowest BCUT2D eigenvalue weighted by Crippen LogP contribution is -2.15. The minimum atomic E-state index is 0.0403. The molecule has 1 heterocycles. The minimum Gasteiger partial charge on any atom is -0.346 e. The predicted molar refractivity (Wildman–Crippen MR) is 44.7 cm³/mol. The van der Waals surface area contributed by atoms with Crippen LogP contribution in [0.25, 0.3) is 0 Å². The Balaban J connectivity index is 2.18. The fourth-order valence-electron chi connectivity index (χ4n) is 0.957. The van der Waals surface area contributed by atoms with Crippen molar-refractivity contribution in [3.05, 3.63) is 0 Å². The Morgan fingerprint density at radius 2 is 2.55 bits per heavy atom. The first-order chi connectivity index (χ1) is 5.18. The molecule has 0 aromatic heterocycles. The summed E-state index contributed by atoms with van der Waals surface area (Å²) in [5.74, 6) is 0.199. The molecule has 1 atom stereocenters. The molecule has 62 valence electrons. The molecule has 1 saturated heterocycles. The Hall–Kier alpha value is -0.510. The van der Waals surface area contributed by atoms with Crippen LogP contribution in [-0.4, -0.2) is 22.8 Å². The zero-order valence-corrected chi connectivity index (χ0v) is 7.24. The molecular weight excluding hydrogens is 162 g/mol. The van der Waals surface area contributed by atoms with Gasteiger partial charge in [0.2, 0.25) is 0 Å². The predicted octanol–water partition coefficient (Wildman–Crippen LogP) is 1.18. The third-order valence-corrected chi connectivity index (χ3v) is 2.66. The van der Waals surface area contributed by atoms with Crippen LogP contribution in [0.5, 0.6) is 0 Å². The summed E-state index contributed by atoms with van der Waals surface area (Å²) >= 11 is 1.31. The molecule has 0 aromatic rings. The standard InChI is InChI=1S/C7H11NO2S/c1-5(9)2-3-6-4-8-7(10)11-6/h6H,2-4H2,1H3,(H,8,10). The van der Waals surface area contributed by atoms with Crippen molar-refractivity contribution in [2.24, 2.45) is 0 Å². The van der Waals surface area contributed by atoms with Crippen molar-refractivity contribution in [2.45, 2.75) is 25.0 Å². The molecule has 0 radical (unpaired) electrons. The Morgan fingerprint density at radius 1 is 1.82 bits per heavy atom. The Kier molecular flexibility index (Phi) is 2.93. The highest BCUT2D eigenvalue weighted by molar-refractivity contribution is 8.14. The van der Waals surface area contributed by atoms with Crippen LogP contribution in [-0.2, 0) is 4.79 Å². The number of carbonyl (C=O) groups excluding carboxylic acids is 2. The molecule has 1 unspecified atom stereocenters. The van der Waals surface area contributed by atoms with E-state index in [9.17, 15) is 9.59 Å². The van der Waals surface area contributed by atoms with Crippen molar-refractivity contribution in [3.8, 4) is 0 Å². The van der Waals surface area contributed by atoms with Gasteiger partial charge in [0.05, 0.1) is 0 Å². The zero-order chi connectivity index (χ0) is 8.27. The molecular formula is C7H11NO2S. The van der Waals surface area contributed by atoms with Gasteiger partial charge in [0.25, 0.3) is 5.24 Å². The van der Waals surface area contributed by atoms with Crippen molar-refractivity contribution < 1.29 is 9.59 Å². The first kappa shape index (κ1) is 8.59. The van der Waals surface area contributed by atoms with Crippen LogP contribution >= 0.6 is 11.8 Å². The molecule has 1 amide bonds. The maximum atomic E-state index is 10.7. The van der Waals surface area contributed by atoms with Gasteiger partial charge in [0.1, 0.15) is 5.78 Å². The van der Waals surface area contributed by atoms with Crippen LogP contribution in [0.3, 0.4) is 0 Å². The highest BCUT2D eigenvalue weighted by Crippen LogP contribution is 2.21. The number of rotatable bonds is 3. The van der Waals surface area contributed by atoms with Gasteiger partial charge in [-0.2, -0.15) is 0 Å². The molecule has 11 heavy (non-hydrogen) atoms. The molecule has 1 aliphatic rings. The SMILES string of the molecule is CC(=O)CCC1CNC(=O)S1. The van der Waals surface area contributed by atoms with Crippen LogP contribution < -0.4 is 5.32 Å². The van der Waals surface area contributed by atoms with Crippen LogP contribution in [0.15, 0.2) is 0 Å². The number of hydrogen-bond acceptors (Lipinski definition) is 3. The van der Waals surface area contributed by atoms with Crippen LogP contribution in [0, 0.1) is 0 Å². The number of thioether (sulfide) groups is 1. The average Bonchev–Trinajstić information content (AvgIpc) is 2.31. The number of amides is 1. The number of nitrogens with one attached hydrogen (secondary N) is 1. The van der Waals surface area contributed by atoms with Crippen molar-refractivity contribution in [3.63, 3.8) is 0 Å². The number of hydrogen-bond donors (Lipinski definition) is 1. The van der Waals surface area contributed by atoms with Gasteiger partial charge in [-0.3, -0.25) is 4.79 Å². The van der Waals surface area contributed by atoms with Gasteiger partial charge >= 0.3 is 0 Å². The second-order valence-corrected chi connectivity index (χ2v) is 3.92. The number of ketones is 1. The van der Waals surface area contributed by atoms with Gasteiger partial charge in [-0.25, -0.2) is 0 Å². The number of carbonyl (C=O) groups is 2. The summed E-state index contributed by atoms with van der Waals surface area (Å²) in [4.78, 5) is 21.2. The fraction of sp³-hybridized carbons (Fsp3) is 0.714. The van der Waals surface area contributed by atoms with E-state index in [0.717, 1.165) is 13.0 Å². The first-order valence-corrected chi connectivity index (χ1v) is 4.50. The molecule has 0 spiro atoms. The van der Waals surface area contributed by atoms with Crippen molar-refractivity contribution >= 4 is 22.8 Å². The molecule has 4 heteroatoms. The summed E-state index contributed by atoms with van der Waals surface area (Å²) in [6, 6.07) is 0. The largest absolute Gasteiger partial charge is 0.346 e. The topological polar surface area (TPSA) is 46.2 Å². The monoisotopic (exact) mass is 173 g/mol. The quantitative estimate of drug-likeness (QED) is 0.697. The lowest BCUT2D eigenvalue weighted by molar-refractivity contribution is -0.117. The number of Topliss-reactive ketones (excluding diaryl/α,β-unsaturated/α-hetero) is 1. The van der Waals surface area contributed by atoms with Gasteiger partial charge in [-0.15, -0.1) is 0 Å². The molecule has 1 rings (SSSR count). The second-order valence-electron chi connectivity index (χ2n) is 2.65. The lowest BCUT2D eigenvalue weighted by Gasteiger charge is -2.01. The van der Waals surface area contributed by atoms with E-state index in [4.69, 9.17) is 0 Å². The molecule has 0 aliphatic carbocycles. The molecule has 1 aliphatic heterocycles. The van der Waals surface area contributed by atoms with Gasteiger partial charge in [-0.05, 0) is 13.3 Å². The van der Waals surface area contributed by atoms with E-state index >= 15 is 0 Å². The molecule has 1 N–H and O–H groups in total. The summed E-state index contributed by atoms with van der Waals surface area (Å²) in [7, 11) is 0. The van der Waals surface area contributed by atoms with Gasteiger partial charge in [-0.1, -0.05) is 11.8 Å². The van der Waals surface area contributed by atoms with E-state index in [0.29, 0.717) is 11.7 Å². The van der Waals surface area contributed by atoms with Crippen molar-refractivity contribution in [1.82, 2.24) is 5.32 Å². The van der Waals surface area contributed by atoms with E-state index in [2.05, 4.69) is 5.32 Å². The van der Waals surface area contributed by atoms with Gasteiger partial charge in [0, 0.05) is 18.2 Å². The van der Waals surface area contributed by atoms with Crippen LogP contribution in [0.1, 0.15) is 19.8 Å². The average molecular weight is 173 g/mol. The highest BCUT2D eigenvalue weighted by Gasteiger charge is 2.21. The van der Waals surface area contributed by atoms with E-state index in [-0.39, 0.29) is 11.0 Å². The van der Waals surface area contributed by atoms with Gasteiger partial charge < -0.3 is 10.1 Å². The van der Waals surface area contributed by atoms with Gasteiger partial charge in [0.15, 0.2) is 0 Å². The third-order valence-electron chi connectivity index (χ3n) is 1.57. The van der Waals surface area contributed by atoms with E-state index in [1.807, 2.05) is 0 Å². The molecule has 3 nitrogen and oxygen atoms in total. The summed E-state index contributed by atoms with van der Waals surface area (Å²) in [5, 5.41) is 3.06. The van der Waals surface area contributed by atoms with E-state index in [1.54, 1.807) is 6.92 Å². The first-order valence-electron chi connectivity index (χ1n) is 3.62. The Labute approximate surface area is 69.9 Å². The fourth-order valence-corrected chi connectivity index (χ4v) is 1.83. The Bertz CT molecular complexity index is 181. The Morgan fingerprint density at radius 3 is 3.00 bits per heavy atom. The molecule has 0 aromatic carbocycles. The van der Waals surface area contributed by atoms with Crippen LogP contribution in [0.4, 0.5) is 4.79 Å². The lowest BCUT2D eigenvalue weighted by atomic mass is 10.2. The van der Waals surface area contributed by atoms with E-state index in [1.165, 1.54) is 11.8 Å². The van der Waals surface area contributed by atoms with Crippen molar-refractivity contribution in [2.75, 3.05) is 6.54 Å². The maximum Gasteiger partial charge on any atom is 0.279 e. The summed E-state index contributed by atoms with van der Waals surface area (Å²) in [6.07, 6.45) is 1.41. The molecule has 0 saturated carbocycles. The third kappa shape index (κ3) is 2.93. The smallest absolute Gasteiger partial charge is 0.279 e. The van der Waals surface area contributed by atoms with Crippen LogP contribution in [0.2, 0.25) is 0 Å². The maximum absolute atomic E-state index is 10.7. The summed E-state index contributed by atoms with van der Waals surface area (Å²) in [5.41, 5.74) is 0. The highest BCUT2D eigenvalue weighted by atomic mass is 32.2. The molecule has 1 fully saturated rings. The second kappa shape index (κ2) is 3.76. The summed E-state index contributed by atoms with van der Waals surface area (Å²) < 4.78 is 0. The molecule has 0 bridgehead atoms. The minimum absolute atomic E-state index is 0.0403. The van der Waals surface area contributed by atoms with E-state index < -0.39 is 0 Å². The normalized spacial score (nSPS) is 23.4. The zero-order valence-electron chi connectivity index (χ0n) is 6.42. The summed E-state index contributed by atoms with van der Waals surface area (Å²) in [6.45, 7) is 2.30.